The summed E-state index contributed by atoms with van der Waals surface area (Å²) < 4.78 is 5.75. The van der Waals surface area contributed by atoms with E-state index in [9.17, 15) is 4.79 Å². The van der Waals surface area contributed by atoms with Crippen molar-refractivity contribution in [1.29, 1.82) is 0 Å². The number of methoxy groups -OCH3 is 1. The van der Waals surface area contributed by atoms with Crippen LogP contribution in [0.2, 0.25) is 0 Å². The minimum Gasteiger partial charge on any atom is -0.465 e. The lowest BCUT2D eigenvalue weighted by molar-refractivity contribution is 0.0601. The van der Waals surface area contributed by atoms with E-state index < -0.39 is 0 Å². The molecule has 0 saturated heterocycles. The molecule has 0 radical (unpaired) electrons. The van der Waals surface area contributed by atoms with Gasteiger partial charge in [0.2, 0.25) is 0 Å². The Bertz CT molecular complexity index is 728. The molecular weight excluding hydrogens is 384 g/mol. The molecule has 0 aliphatic heterocycles. The van der Waals surface area contributed by atoms with E-state index in [1.165, 1.54) is 18.4 Å². The van der Waals surface area contributed by atoms with E-state index in [-0.39, 0.29) is 5.97 Å². The first-order chi connectivity index (χ1) is 10.4. The quantitative estimate of drug-likeness (QED) is 0.578. The van der Waals surface area contributed by atoms with Gasteiger partial charge in [-0.05, 0) is 59.7 Å². The number of halogens is 1. The Morgan fingerprint density at radius 3 is 2.59 bits per heavy atom. The number of nitrogens with one attached hydrogen (secondary N) is 2. The molecule has 7 heteroatoms. The molecule has 0 unspecified atom stereocenters. The zero-order valence-corrected chi connectivity index (χ0v) is 15.5. The van der Waals surface area contributed by atoms with E-state index in [1.807, 2.05) is 38.1 Å². The lowest BCUT2D eigenvalue weighted by Gasteiger charge is -2.11. The van der Waals surface area contributed by atoms with Crippen molar-refractivity contribution < 1.29 is 9.53 Å². The Hall–Kier alpha value is -1.44. The van der Waals surface area contributed by atoms with Gasteiger partial charge in [-0.15, -0.1) is 11.3 Å². The number of benzene rings is 1. The van der Waals surface area contributed by atoms with Crippen molar-refractivity contribution in [2.24, 2.45) is 0 Å². The van der Waals surface area contributed by atoms with Crippen molar-refractivity contribution in [1.82, 2.24) is 0 Å². The number of hydrogen-bond acceptors (Lipinski definition) is 4. The number of thiocarbonyl (C=S) groups is 1. The Morgan fingerprint density at radius 1 is 1.27 bits per heavy atom. The first-order valence-corrected chi connectivity index (χ1v) is 8.46. The molecule has 0 bridgehead atoms. The van der Waals surface area contributed by atoms with Crippen LogP contribution in [0.15, 0.2) is 28.7 Å². The molecule has 0 saturated carbocycles. The first-order valence-electron chi connectivity index (χ1n) is 6.45. The highest BCUT2D eigenvalue weighted by Crippen LogP contribution is 2.33. The molecule has 0 atom stereocenters. The van der Waals surface area contributed by atoms with Crippen LogP contribution >= 0.6 is 39.5 Å². The average molecular weight is 399 g/mol. The number of thiophene rings is 1. The second-order valence-corrected chi connectivity index (χ2v) is 7.03. The summed E-state index contributed by atoms with van der Waals surface area (Å²) in [6.45, 7) is 3.86. The molecule has 116 valence electrons. The van der Waals surface area contributed by atoms with Gasteiger partial charge in [0.05, 0.1) is 18.4 Å². The van der Waals surface area contributed by atoms with Gasteiger partial charge in [0.15, 0.2) is 5.11 Å². The van der Waals surface area contributed by atoms with Crippen molar-refractivity contribution >= 4 is 61.3 Å². The standard InChI is InChI=1S/C15H15BrN2O2S2/c1-8-9(2)22-13(12(8)14(19)20-3)18-15(21)17-11-7-5-4-6-10(11)16/h4-7H,1-3H3,(H2,17,18,21). The Labute approximate surface area is 147 Å². The average Bonchev–Trinajstić information content (AvgIpc) is 2.75. The summed E-state index contributed by atoms with van der Waals surface area (Å²) in [7, 11) is 1.37. The fraction of sp³-hybridized carbons (Fsp3) is 0.200. The zero-order chi connectivity index (χ0) is 16.3. The van der Waals surface area contributed by atoms with Crippen molar-refractivity contribution in [2.45, 2.75) is 13.8 Å². The Balaban J connectivity index is 2.21. The summed E-state index contributed by atoms with van der Waals surface area (Å²) in [5.41, 5.74) is 2.29. The molecule has 4 nitrogen and oxygen atoms in total. The number of carbonyl (C=O) groups excluding carboxylic acids is 1. The summed E-state index contributed by atoms with van der Waals surface area (Å²) >= 11 is 10.3. The highest BCUT2D eigenvalue weighted by atomic mass is 79.9. The van der Waals surface area contributed by atoms with E-state index in [0.29, 0.717) is 15.7 Å². The number of aryl methyl sites for hydroxylation is 1. The van der Waals surface area contributed by atoms with E-state index in [4.69, 9.17) is 17.0 Å². The van der Waals surface area contributed by atoms with Crippen LogP contribution in [0.25, 0.3) is 0 Å². The van der Waals surface area contributed by atoms with Crippen LogP contribution in [-0.2, 0) is 4.74 Å². The van der Waals surface area contributed by atoms with E-state index in [0.717, 1.165) is 20.6 Å². The molecular formula is C15H15BrN2O2S2. The maximum atomic E-state index is 11.9. The minimum absolute atomic E-state index is 0.368. The van der Waals surface area contributed by atoms with Gasteiger partial charge in [-0.25, -0.2) is 4.79 Å². The third-order valence-corrected chi connectivity index (χ3v) is 5.14. The molecule has 1 heterocycles. The summed E-state index contributed by atoms with van der Waals surface area (Å²) in [6.07, 6.45) is 0. The van der Waals surface area contributed by atoms with Gasteiger partial charge in [0.25, 0.3) is 0 Å². The molecule has 0 aliphatic carbocycles. The third kappa shape index (κ3) is 3.66. The van der Waals surface area contributed by atoms with Crippen LogP contribution < -0.4 is 10.6 Å². The fourth-order valence-corrected chi connectivity index (χ4v) is 3.60. The molecule has 2 N–H and O–H groups in total. The van der Waals surface area contributed by atoms with Crippen LogP contribution in [0.5, 0.6) is 0 Å². The van der Waals surface area contributed by atoms with Crippen molar-refractivity contribution in [2.75, 3.05) is 17.7 Å². The van der Waals surface area contributed by atoms with Gasteiger partial charge in [0, 0.05) is 9.35 Å². The van der Waals surface area contributed by atoms with E-state index in [1.54, 1.807) is 0 Å². The number of ether oxygens (including phenoxy) is 1. The number of hydrogen-bond donors (Lipinski definition) is 2. The first kappa shape index (κ1) is 16.9. The predicted molar refractivity (Wildman–Crippen MR) is 99.1 cm³/mol. The van der Waals surface area contributed by atoms with Gasteiger partial charge in [-0.1, -0.05) is 12.1 Å². The second kappa shape index (κ2) is 7.21. The highest BCUT2D eigenvalue weighted by molar-refractivity contribution is 9.10. The number of anilines is 2. The van der Waals surface area contributed by atoms with Gasteiger partial charge in [-0.3, -0.25) is 0 Å². The van der Waals surface area contributed by atoms with Crippen molar-refractivity contribution in [3.8, 4) is 0 Å². The third-order valence-electron chi connectivity index (χ3n) is 3.12. The molecule has 1 aromatic heterocycles. The van der Waals surface area contributed by atoms with Crippen molar-refractivity contribution in [3.05, 3.63) is 44.7 Å². The molecule has 2 aromatic rings. The van der Waals surface area contributed by atoms with Gasteiger partial charge >= 0.3 is 5.97 Å². The number of carbonyl (C=O) groups is 1. The van der Waals surface area contributed by atoms with Crippen LogP contribution in [0.3, 0.4) is 0 Å². The second-order valence-electron chi connectivity index (χ2n) is 4.54. The summed E-state index contributed by atoms with van der Waals surface area (Å²) in [5.74, 6) is -0.368. The lowest BCUT2D eigenvalue weighted by atomic mass is 10.1. The van der Waals surface area contributed by atoms with Crippen LogP contribution in [0.1, 0.15) is 20.8 Å². The van der Waals surface area contributed by atoms with Crippen molar-refractivity contribution in [3.63, 3.8) is 0 Å². The normalized spacial score (nSPS) is 10.2. The molecule has 0 spiro atoms. The highest BCUT2D eigenvalue weighted by Gasteiger charge is 2.20. The molecule has 22 heavy (non-hydrogen) atoms. The SMILES string of the molecule is COC(=O)c1c(NC(=S)Nc2ccccc2Br)sc(C)c1C. The smallest absolute Gasteiger partial charge is 0.341 e. The lowest BCUT2D eigenvalue weighted by Crippen LogP contribution is -2.20. The Morgan fingerprint density at radius 2 is 1.95 bits per heavy atom. The number of esters is 1. The fourth-order valence-electron chi connectivity index (χ4n) is 1.88. The molecule has 2 rings (SSSR count). The van der Waals surface area contributed by atoms with E-state index in [2.05, 4.69) is 26.6 Å². The molecule has 0 aliphatic rings. The summed E-state index contributed by atoms with van der Waals surface area (Å²) in [6, 6.07) is 7.66. The molecule has 0 fully saturated rings. The largest absolute Gasteiger partial charge is 0.465 e. The monoisotopic (exact) mass is 398 g/mol. The van der Waals surface area contributed by atoms with Crippen LogP contribution in [-0.4, -0.2) is 18.2 Å². The minimum atomic E-state index is -0.368. The summed E-state index contributed by atoms with van der Waals surface area (Å²) in [5, 5.41) is 7.28. The Kier molecular flexibility index (Phi) is 5.55. The maximum absolute atomic E-state index is 11.9. The zero-order valence-electron chi connectivity index (χ0n) is 12.3. The molecule has 1 aromatic carbocycles. The number of para-hydroxylation sites is 1. The topological polar surface area (TPSA) is 50.4 Å². The van der Waals surface area contributed by atoms with Gasteiger partial charge in [0.1, 0.15) is 5.00 Å². The number of rotatable bonds is 3. The maximum Gasteiger partial charge on any atom is 0.341 e. The summed E-state index contributed by atoms with van der Waals surface area (Å²) in [4.78, 5) is 13.0. The molecule has 0 amide bonds. The van der Waals surface area contributed by atoms with E-state index >= 15 is 0 Å². The van der Waals surface area contributed by atoms with Gasteiger partial charge < -0.3 is 15.4 Å². The van der Waals surface area contributed by atoms with Crippen LogP contribution in [0.4, 0.5) is 10.7 Å². The van der Waals surface area contributed by atoms with Crippen LogP contribution in [0, 0.1) is 13.8 Å². The van der Waals surface area contributed by atoms with Gasteiger partial charge in [-0.2, -0.15) is 0 Å². The predicted octanol–water partition coefficient (Wildman–Crippen LogP) is 4.72.